The molecule has 0 bridgehead atoms. The normalized spacial score (nSPS) is 15.9. The summed E-state index contributed by atoms with van der Waals surface area (Å²) in [7, 11) is 0. The number of aromatic nitrogens is 2. The van der Waals surface area contributed by atoms with E-state index in [1.165, 1.54) is 52.5 Å². The third-order valence-electron chi connectivity index (χ3n) is 6.17. The number of piperidine rings is 1. The average molecular weight is 374 g/mol. The quantitative estimate of drug-likeness (QED) is 0.472. The molecular weight excluding hydrogens is 346 g/mol. The summed E-state index contributed by atoms with van der Waals surface area (Å²) in [5.41, 5.74) is 9.39. The zero-order chi connectivity index (χ0) is 19.3. The molecule has 3 heterocycles. The lowest BCUT2D eigenvalue weighted by Crippen LogP contribution is -2.26. The molecule has 1 fully saturated rings. The van der Waals surface area contributed by atoms with Crippen molar-refractivity contribution in [1.29, 1.82) is 0 Å². The van der Waals surface area contributed by atoms with Gasteiger partial charge in [-0.3, -0.25) is 0 Å². The number of hydrogen-bond acceptors (Lipinski definition) is 3. The van der Waals surface area contributed by atoms with E-state index in [1.54, 1.807) is 0 Å². The van der Waals surface area contributed by atoms with Gasteiger partial charge in [0.25, 0.3) is 0 Å². The van der Waals surface area contributed by atoms with Crippen LogP contribution in [0.3, 0.4) is 0 Å². The van der Waals surface area contributed by atoms with E-state index in [0.717, 1.165) is 29.8 Å². The second-order valence-corrected chi connectivity index (χ2v) is 8.39. The van der Waals surface area contributed by atoms with E-state index < -0.39 is 0 Å². The van der Waals surface area contributed by atoms with Crippen molar-refractivity contribution in [3.63, 3.8) is 0 Å². The topological polar surface area (TPSA) is 53.9 Å². The third kappa shape index (κ3) is 2.83. The third-order valence-corrected chi connectivity index (χ3v) is 6.17. The minimum atomic E-state index is 0.428. The van der Waals surface area contributed by atoms with E-state index >= 15 is 0 Å². The monoisotopic (exact) mass is 373 g/mol. The molecule has 1 aliphatic rings. The van der Waals surface area contributed by atoms with E-state index in [4.69, 9.17) is 4.42 Å². The molecule has 2 aromatic heterocycles. The number of H-pyrrole nitrogens is 1. The van der Waals surface area contributed by atoms with Crippen molar-refractivity contribution in [3.05, 3.63) is 53.4 Å². The fourth-order valence-electron chi connectivity index (χ4n) is 4.75. The second kappa shape index (κ2) is 6.78. The lowest BCUT2D eigenvalue weighted by Gasteiger charge is -2.23. The van der Waals surface area contributed by atoms with Gasteiger partial charge in [0.2, 0.25) is 0 Å². The van der Waals surface area contributed by atoms with Gasteiger partial charge in [0.15, 0.2) is 12.0 Å². The number of hydrogen-bond donors (Lipinski definition) is 2. The average Bonchev–Trinajstić information content (AvgIpc) is 3.32. The first kappa shape index (κ1) is 17.5. The van der Waals surface area contributed by atoms with Gasteiger partial charge in [-0.2, -0.15) is 0 Å². The second-order valence-electron chi connectivity index (χ2n) is 8.39. The van der Waals surface area contributed by atoms with E-state index in [0.29, 0.717) is 11.8 Å². The summed E-state index contributed by atoms with van der Waals surface area (Å²) < 4.78 is 5.60. The molecule has 5 rings (SSSR count). The van der Waals surface area contributed by atoms with Crippen LogP contribution in [0.2, 0.25) is 0 Å². The van der Waals surface area contributed by atoms with Crippen LogP contribution < -0.4 is 5.32 Å². The molecule has 0 saturated carbocycles. The summed E-state index contributed by atoms with van der Waals surface area (Å²) in [4.78, 5) is 8.04. The van der Waals surface area contributed by atoms with Gasteiger partial charge in [-0.05, 0) is 85.6 Å². The molecule has 1 saturated heterocycles. The highest BCUT2D eigenvalue weighted by Crippen LogP contribution is 2.39. The number of rotatable bonds is 3. The molecule has 1 aliphatic heterocycles. The molecule has 0 amide bonds. The van der Waals surface area contributed by atoms with Gasteiger partial charge in [-0.25, -0.2) is 4.98 Å². The van der Waals surface area contributed by atoms with Gasteiger partial charge < -0.3 is 14.7 Å². The predicted octanol–water partition coefficient (Wildman–Crippen LogP) is 5.87. The first-order valence-electron chi connectivity index (χ1n) is 10.3. The van der Waals surface area contributed by atoms with Gasteiger partial charge in [-0.15, -0.1) is 0 Å². The Hall–Kier alpha value is -2.59. The molecule has 2 N–H and O–H groups in total. The van der Waals surface area contributed by atoms with Crippen molar-refractivity contribution in [1.82, 2.24) is 15.3 Å². The Kier molecular flexibility index (Phi) is 4.24. The Morgan fingerprint density at radius 1 is 1.11 bits per heavy atom. The van der Waals surface area contributed by atoms with Crippen LogP contribution in [0.15, 0.2) is 41.1 Å². The Bertz CT molecular complexity index is 1150. The predicted molar refractivity (Wildman–Crippen MR) is 115 cm³/mol. The van der Waals surface area contributed by atoms with Crippen molar-refractivity contribution < 1.29 is 4.42 Å². The summed E-state index contributed by atoms with van der Waals surface area (Å²) in [6, 6.07) is 11.3. The van der Waals surface area contributed by atoms with Crippen molar-refractivity contribution in [2.24, 2.45) is 0 Å². The van der Waals surface area contributed by atoms with Gasteiger partial charge in [0, 0.05) is 16.5 Å². The summed E-state index contributed by atoms with van der Waals surface area (Å²) in [6.45, 7) is 8.90. The van der Waals surface area contributed by atoms with Crippen LogP contribution in [0.4, 0.5) is 0 Å². The summed E-state index contributed by atoms with van der Waals surface area (Å²) >= 11 is 0. The summed E-state index contributed by atoms with van der Waals surface area (Å²) in [5, 5.41) is 4.83. The number of nitrogens with zero attached hydrogens (tertiary/aromatic N) is 1. The van der Waals surface area contributed by atoms with E-state index in [9.17, 15) is 0 Å². The number of benzene rings is 2. The van der Waals surface area contributed by atoms with Crippen LogP contribution in [0.25, 0.3) is 33.3 Å². The molecule has 0 spiro atoms. The van der Waals surface area contributed by atoms with Crippen LogP contribution >= 0.6 is 0 Å². The molecule has 0 aliphatic carbocycles. The highest BCUT2D eigenvalue weighted by molar-refractivity contribution is 5.93. The zero-order valence-corrected chi connectivity index (χ0v) is 16.8. The van der Waals surface area contributed by atoms with Gasteiger partial charge in [-0.1, -0.05) is 19.9 Å². The summed E-state index contributed by atoms with van der Waals surface area (Å²) in [5.74, 6) is 1.09. The molecule has 4 aromatic rings. The van der Waals surface area contributed by atoms with Crippen LogP contribution in [0, 0.1) is 6.92 Å². The maximum Gasteiger partial charge on any atom is 0.181 e. The maximum atomic E-state index is 5.60. The van der Waals surface area contributed by atoms with Crippen molar-refractivity contribution in [2.45, 2.75) is 45.4 Å². The van der Waals surface area contributed by atoms with E-state index in [2.05, 4.69) is 66.4 Å². The Morgan fingerprint density at radius 2 is 1.93 bits per heavy atom. The van der Waals surface area contributed by atoms with Crippen LogP contribution in [0.5, 0.6) is 0 Å². The van der Waals surface area contributed by atoms with Gasteiger partial charge in [0.05, 0.1) is 5.69 Å². The summed E-state index contributed by atoms with van der Waals surface area (Å²) in [6.07, 6.45) is 3.98. The van der Waals surface area contributed by atoms with Crippen molar-refractivity contribution in [2.75, 3.05) is 13.1 Å². The molecule has 4 heteroatoms. The van der Waals surface area contributed by atoms with E-state index in [1.807, 2.05) is 0 Å². The number of aromatic amines is 1. The highest BCUT2D eigenvalue weighted by Gasteiger charge is 2.20. The van der Waals surface area contributed by atoms with E-state index in [-0.39, 0.29) is 0 Å². The van der Waals surface area contributed by atoms with Crippen molar-refractivity contribution in [3.8, 4) is 11.3 Å². The molecule has 144 valence electrons. The first-order chi connectivity index (χ1) is 13.6. The van der Waals surface area contributed by atoms with Crippen LogP contribution in [-0.4, -0.2) is 23.1 Å². The van der Waals surface area contributed by atoms with Gasteiger partial charge >= 0.3 is 0 Å². The largest absolute Gasteiger partial charge is 0.443 e. The maximum absolute atomic E-state index is 5.60. The SMILES string of the molecule is Cc1cc(-c2[nH]c3ccc(C4CCNCC4)cc3c2C(C)C)cc2ocnc12. The number of aryl methyl sites for hydroxylation is 1. The molecule has 4 nitrogen and oxygen atoms in total. The Balaban J connectivity index is 1.68. The standard InChI is InChI=1S/C24H27N3O/c1-14(2)22-19-11-17(16-6-8-25-9-7-16)4-5-20(19)27-24(22)18-10-15(3)23-21(12-18)28-13-26-23/h4-5,10-14,16,25,27H,6-9H2,1-3H3. The minimum Gasteiger partial charge on any atom is -0.443 e. The van der Waals surface area contributed by atoms with Crippen LogP contribution in [-0.2, 0) is 0 Å². The molecular formula is C24H27N3O. The number of fused-ring (bicyclic) bond motifs is 2. The molecule has 0 unspecified atom stereocenters. The van der Waals surface area contributed by atoms with Crippen molar-refractivity contribution >= 4 is 22.0 Å². The Labute approximate surface area is 165 Å². The number of oxazole rings is 1. The smallest absolute Gasteiger partial charge is 0.181 e. The molecule has 2 aromatic carbocycles. The molecule has 28 heavy (non-hydrogen) atoms. The number of nitrogens with one attached hydrogen (secondary N) is 2. The Morgan fingerprint density at radius 3 is 2.71 bits per heavy atom. The molecule has 0 radical (unpaired) electrons. The fourth-order valence-corrected chi connectivity index (χ4v) is 4.75. The van der Waals surface area contributed by atoms with Gasteiger partial charge in [0.1, 0.15) is 5.52 Å². The van der Waals surface area contributed by atoms with Crippen LogP contribution in [0.1, 0.15) is 55.2 Å². The lowest BCUT2D eigenvalue weighted by atomic mass is 9.88. The first-order valence-corrected chi connectivity index (χ1v) is 10.3. The lowest BCUT2D eigenvalue weighted by molar-refractivity contribution is 0.460. The highest BCUT2D eigenvalue weighted by atomic mass is 16.3. The molecule has 0 atom stereocenters. The fraction of sp³-hybridized carbons (Fsp3) is 0.375. The minimum absolute atomic E-state index is 0.428. The zero-order valence-electron chi connectivity index (χ0n) is 16.8.